The van der Waals surface area contributed by atoms with Crippen LogP contribution in [-0.2, 0) is 19.9 Å². The molecule has 3 N–H and O–H groups in total. The summed E-state index contributed by atoms with van der Waals surface area (Å²) in [5, 5.41) is 21.2. The zero-order valence-electron chi connectivity index (χ0n) is 20.0. The number of nitriles is 1. The van der Waals surface area contributed by atoms with Gasteiger partial charge in [0.05, 0.1) is 11.8 Å². The van der Waals surface area contributed by atoms with Crippen molar-refractivity contribution in [2.45, 2.75) is 51.0 Å². The summed E-state index contributed by atoms with van der Waals surface area (Å²) in [7, 11) is 0. The number of carbonyl (C=O) groups is 2. The highest BCUT2D eigenvalue weighted by atomic mass is 16.5. The maximum absolute atomic E-state index is 12.9. The number of aliphatic carboxylic acids is 1. The number of H-pyrrole nitrogens is 1. The topological polar surface area (TPSA) is 137 Å². The number of allylic oxidation sites excluding steroid dienone is 2. The van der Waals surface area contributed by atoms with E-state index >= 15 is 0 Å². The van der Waals surface area contributed by atoms with E-state index in [4.69, 9.17) is 14.7 Å². The van der Waals surface area contributed by atoms with Crippen molar-refractivity contribution in [1.82, 2.24) is 9.97 Å². The van der Waals surface area contributed by atoms with Crippen LogP contribution in [0.25, 0.3) is 0 Å². The van der Waals surface area contributed by atoms with Crippen molar-refractivity contribution >= 4 is 17.6 Å². The zero-order valence-corrected chi connectivity index (χ0v) is 20.0. The maximum atomic E-state index is 12.9. The van der Waals surface area contributed by atoms with E-state index in [1.807, 2.05) is 24.3 Å². The average molecular weight is 479 g/mol. The van der Waals surface area contributed by atoms with Crippen LogP contribution >= 0.6 is 0 Å². The highest BCUT2D eigenvalue weighted by Gasteiger charge is 2.37. The second-order valence-electron chi connectivity index (χ2n) is 9.80. The number of imidazole rings is 1. The summed E-state index contributed by atoms with van der Waals surface area (Å²) in [5.41, 5.74) is 1.99. The van der Waals surface area contributed by atoms with Crippen molar-refractivity contribution in [3.63, 3.8) is 0 Å². The van der Waals surface area contributed by atoms with Crippen molar-refractivity contribution in [1.29, 1.82) is 5.26 Å². The van der Waals surface area contributed by atoms with E-state index in [0.717, 1.165) is 24.0 Å². The van der Waals surface area contributed by atoms with Crippen LogP contribution in [0.2, 0.25) is 0 Å². The standard InChI is InChI=1S/C26H30N4O5/c1-25(2)7-5-17(6-8-25)20-13-18(26(35-16-22(31)32)9-11-34-12-10-26)3-4-21(20)30-24(33)23-28-15-19(14-27)29-23/h3-5,7,13,15,17H,6,8-12,16H2,1-2H3,(H,28,29)(H,30,33)(H,31,32). The summed E-state index contributed by atoms with van der Waals surface area (Å²) < 4.78 is 11.5. The van der Waals surface area contributed by atoms with Crippen LogP contribution in [-0.4, -0.2) is 46.8 Å². The van der Waals surface area contributed by atoms with Crippen LogP contribution in [0.5, 0.6) is 0 Å². The molecule has 1 saturated heterocycles. The summed E-state index contributed by atoms with van der Waals surface area (Å²) in [6, 6.07) is 7.68. The van der Waals surface area contributed by atoms with Crippen molar-refractivity contribution in [3.8, 4) is 6.07 Å². The number of nitrogens with zero attached hydrogens (tertiary/aromatic N) is 2. The van der Waals surface area contributed by atoms with Gasteiger partial charge in [-0.15, -0.1) is 0 Å². The van der Waals surface area contributed by atoms with Crippen molar-refractivity contribution in [2.24, 2.45) is 5.41 Å². The number of anilines is 1. The van der Waals surface area contributed by atoms with Crippen molar-refractivity contribution in [2.75, 3.05) is 25.1 Å². The number of aromatic nitrogens is 2. The Morgan fingerprint density at radius 1 is 1.31 bits per heavy atom. The molecule has 0 radical (unpaired) electrons. The summed E-state index contributed by atoms with van der Waals surface area (Å²) in [6.07, 6.45) is 8.68. The van der Waals surface area contributed by atoms with Crippen LogP contribution in [0.3, 0.4) is 0 Å². The molecule has 2 aromatic rings. The Morgan fingerprint density at radius 3 is 2.71 bits per heavy atom. The van der Waals surface area contributed by atoms with E-state index in [1.54, 1.807) is 0 Å². The van der Waals surface area contributed by atoms with Gasteiger partial charge in [0, 0.05) is 37.7 Å². The number of carbonyl (C=O) groups excluding carboxylic acids is 1. The monoisotopic (exact) mass is 478 g/mol. The molecular formula is C26H30N4O5. The molecule has 9 nitrogen and oxygen atoms in total. The fourth-order valence-corrected chi connectivity index (χ4v) is 4.70. The Bertz CT molecular complexity index is 1170. The summed E-state index contributed by atoms with van der Waals surface area (Å²) in [5.74, 6) is -1.33. The normalized spacial score (nSPS) is 20.7. The lowest BCUT2D eigenvalue weighted by Gasteiger charge is -2.38. The zero-order chi connectivity index (χ0) is 25.1. The SMILES string of the molecule is CC1(C)C=CC(c2cc(C3(OCC(=O)O)CCOCC3)ccc2NC(=O)c2ncc(C#N)[nH]2)CC1. The number of aromatic amines is 1. The van der Waals surface area contributed by atoms with Gasteiger partial charge in [0.15, 0.2) is 5.82 Å². The number of hydrogen-bond acceptors (Lipinski definition) is 6. The smallest absolute Gasteiger partial charge is 0.329 e. The Balaban J connectivity index is 1.71. The predicted molar refractivity (Wildman–Crippen MR) is 128 cm³/mol. The molecule has 1 unspecified atom stereocenters. The summed E-state index contributed by atoms with van der Waals surface area (Å²) >= 11 is 0. The second-order valence-corrected chi connectivity index (χ2v) is 9.80. The van der Waals surface area contributed by atoms with Gasteiger partial charge in [0.1, 0.15) is 18.4 Å². The molecule has 184 valence electrons. The third-order valence-corrected chi connectivity index (χ3v) is 6.79. The molecule has 2 heterocycles. The molecule has 1 aromatic carbocycles. The third-order valence-electron chi connectivity index (χ3n) is 6.79. The van der Waals surface area contributed by atoms with Crippen molar-refractivity contribution < 1.29 is 24.2 Å². The summed E-state index contributed by atoms with van der Waals surface area (Å²) in [4.78, 5) is 30.8. The first kappa shape index (κ1) is 24.6. The van der Waals surface area contributed by atoms with Gasteiger partial charge >= 0.3 is 5.97 Å². The quantitative estimate of drug-likeness (QED) is 0.509. The van der Waals surface area contributed by atoms with Gasteiger partial charge in [-0.05, 0) is 35.4 Å². The minimum atomic E-state index is -1.02. The Labute approximate surface area is 204 Å². The van der Waals surface area contributed by atoms with Gasteiger partial charge in [0.25, 0.3) is 5.91 Å². The van der Waals surface area contributed by atoms with Crippen LogP contribution in [0.4, 0.5) is 5.69 Å². The number of amides is 1. The first-order valence-electron chi connectivity index (χ1n) is 11.8. The van der Waals surface area contributed by atoms with Gasteiger partial charge in [-0.2, -0.15) is 5.26 Å². The highest BCUT2D eigenvalue weighted by Crippen LogP contribution is 2.43. The molecule has 1 aromatic heterocycles. The minimum absolute atomic E-state index is 0.0580. The number of ether oxygens (including phenoxy) is 2. The lowest BCUT2D eigenvalue weighted by molar-refractivity contribution is -0.159. The Kier molecular flexibility index (Phi) is 7.05. The summed E-state index contributed by atoms with van der Waals surface area (Å²) in [6.45, 7) is 4.94. The van der Waals surface area contributed by atoms with E-state index in [-0.39, 0.29) is 22.9 Å². The van der Waals surface area contributed by atoms with Gasteiger partial charge in [0.2, 0.25) is 0 Å². The molecule has 1 atom stereocenters. The number of hydrogen-bond donors (Lipinski definition) is 3. The van der Waals surface area contributed by atoms with Gasteiger partial charge in [-0.1, -0.05) is 38.1 Å². The molecule has 1 aliphatic heterocycles. The van der Waals surface area contributed by atoms with E-state index < -0.39 is 24.1 Å². The second kappa shape index (κ2) is 10.0. The molecule has 0 spiro atoms. The number of rotatable bonds is 7. The number of benzene rings is 1. The molecular weight excluding hydrogens is 448 g/mol. The maximum Gasteiger partial charge on any atom is 0.329 e. The Hall–Kier alpha value is -3.48. The molecule has 35 heavy (non-hydrogen) atoms. The Morgan fingerprint density at radius 2 is 2.09 bits per heavy atom. The molecule has 0 bridgehead atoms. The van der Waals surface area contributed by atoms with Crippen LogP contribution in [0.15, 0.2) is 36.5 Å². The van der Waals surface area contributed by atoms with Crippen LogP contribution in [0, 0.1) is 16.7 Å². The largest absolute Gasteiger partial charge is 0.480 e. The predicted octanol–water partition coefficient (Wildman–Crippen LogP) is 4.10. The van der Waals surface area contributed by atoms with Gasteiger partial charge in [-0.3, -0.25) is 4.79 Å². The molecule has 9 heteroatoms. The fourth-order valence-electron chi connectivity index (χ4n) is 4.70. The molecule has 0 saturated carbocycles. The highest BCUT2D eigenvalue weighted by molar-refractivity contribution is 6.02. The third kappa shape index (κ3) is 5.61. The lowest BCUT2D eigenvalue weighted by atomic mass is 9.75. The first-order chi connectivity index (χ1) is 16.7. The average Bonchev–Trinajstić information content (AvgIpc) is 3.33. The first-order valence-corrected chi connectivity index (χ1v) is 11.8. The fraction of sp³-hybridized carbons (Fsp3) is 0.462. The molecule has 1 fully saturated rings. The van der Waals surface area contributed by atoms with E-state index in [2.05, 4.69) is 41.3 Å². The molecule has 2 aliphatic rings. The van der Waals surface area contributed by atoms with Crippen LogP contribution < -0.4 is 5.32 Å². The van der Waals surface area contributed by atoms with E-state index in [0.29, 0.717) is 31.7 Å². The van der Waals surface area contributed by atoms with Gasteiger partial charge < -0.3 is 24.9 Å². The number of nitrogens with one attached hydrogen (secondary N) is 2. The van der Waals surface area contributed by atoms with Crippen molar-refractivity contribution in [3.05, 3.63) is 59.2 Å². The minimum Gasteiger partial charge on any atom is -0.480 e. The molecule has 4 rings (SSSR count). The van der Waals surface area contributed by atoms with E-state index in [9.17, 15) is 14.7 Å². The molecule has 1 amide bonds. The van der Waals surface area contributed by atoms with E-state index in [1.165, 1.54) is 6.20 Å². The molecule has 1 aliphatic carbocycles. The number of carboxylic acids is 1. The van der Waals surface area contributed by atoms with Crippen LogP contribution in [0.1, 0.15) is 72.9 Å². The lowest BCUT2D eigenvalue weighted by Crippen LogP contribution is -2.38. The number of carboxylic acid groups (broad SMARTS) is 1. The van der Waals surface area contributed by atoms with Gasteiger partial charge in [-0.25, -0.2) is 9.78 Å².